The van der Waals surface area contributed by atoms with Gasteiger partial charge in [-0.25, -0.2) is 0 Å². The number of phenolic OH excluding ortho intramolecular Hbond substituents is 1. The number of aromatic hydroxyl groups is 1. The number of hydrogen-bond donors (Lipinski definition) is 2. The van der Waals surface area contributed by atoms with Crippen molar-refractivity contribution in [3.63, 3.8) is 0 Å². The summed E-state index contributed by atoms with van der Waals surface area (Å²) < 4.78 is 0. The van der Waals surface area contributed by atoms with Crippen LogP contribution in [0.1, 0.15) is 11.1 Å². The lowest BCUT2D eigenvalue weighted by Crippen LogP contribution is -2.04. The van der Waals surface area contributed by atoms with Crippen molar-refractivity contribution >= 4 is 0 Å². The fourth-order valence-corrected chi connectivity index (χ4v) is 1.07. The smallest absolute Gasteiger partial charge is 0.117 e. The van der Waals surface area contributed by atoms with Crippen LogP contribution in [0.2, 0.25) is 0 Å². The quantitative estimate of drug-likeness (QED) is 0.630. The van der Waals surface area contributed by atoms with Crippen LogP contribution in [-0.2, 0) is 0 Å². The number of benzene rings is 1. The molecule has 0 fully saturated rings. The zero-order valence-corrected chi connectivity index (χ0v) is 7.89. The molecule has 0 spiro atoms. The van der Waals surface area contributed by atoms with Gasteiger partial charge in [-0.05, 0) is 37.7 Å². The van der Waals surface area contributed by atoms with Crippen LogP contribution in [0, 0.1) is 18.8 Å². The molecular formula is C11H13NO. The Bertz CT molecular complexity index is 327. The minimum Gasteiger partial charge on any atom is -0.508 e. The highest BCUT2D eigenvalue weighted by Gasteiger charge is 1.92. The van der Waals surface area contributed by atoms with Crippen molar-refractivity contribution in [1.29, 1.82) is 0 Å². The molecule has 2 nitrogen and oxygen atoms in total. The summed E-state index contributed by atoms with van der Waals surface area (Å²) in [5.41, 5.74) is 1.88. The molecule has 0 aliphatic carbocycles. The van der Waals surface area contributed by atoms with E-state index in [2.05, 4.69) is 17.2 Å². The van der Waals surface area contributed by atoms with Crippen molar-refractivity contribution in [1.82, 2.24) is 5.32 Å². The summed E-state index contributed by atoms with van der Waals surface area (Å²) in [4.78, 5) is 0. The molecule has 0 bridgehead atoms. The summed E-state index contributed by atoms with van der Waals surface area (Å²) in [5.74, 6) is 6.16. The third kappa shape index (κ3) is 3.18. The summed E-state index contributed by atoms with van der Waals surface area (Å²) in [5, 5.41) is 12.2. The fraction of sp³-hybridized carbons (Fsp3) is 0.273. The average molecular weight is 175 g/mol. The second-order valence-electron chi connectivity index (χ2n) is 2.89. The lowest BCUT2D eigenvalue weighted by atomic mass is 10.1. The van der Waals surface area contributed by atoms with Crippen LogP contribution in [0.25, 0.3) is 0 Å². The normalized spacial score (nSPS) is 9.08. The molecule has 13 heavy (non-hydrogen) atoms. The van der Waals surface area contributed by atoms with Crippen molar-refractivity contribution in [2.24, 2.45) is 0 Å². The highest BCUT2D eigenvalue weighted by Crippen LogP contribution is 2.13. The molecule has 0 saturated carbocycles. The number of nitrogens with one attached hydrogen (secondary N) is 1. The van der Waals surface area contributed by atoms with Gasteiger partial charge in [-0.2, -0.15) is 0 Å². The molecule has 1 aromatic carbocycles. The Morgan fingerprint density at radius 3 is 2.77 bits per heavy atom. The molecule has 1 aromatic rings. The molecule has 0 radical (unpaired) electrons. The molecule has 0 aliphatic heterocycles. The summed E-state index contributed by atoms with van der Waals surface area (Å²) in [7, 11) is 1.85. The van der Waals surface area contributed by atoms with Crippen molar-refractivity contribution in [3.8, 4) is 17.6 Å². The Morgan fingerprint density at radius 1 is 1.38 bits per heavy atom. The third-order valence-electron chi connectivity index (χ3n) is 1.56. The lowest BCUT2D eigenvalue weighted by molar-refractivity contribution is 0.474. The Hall–Kier alpha value is -1.46. The van der Waals surface area contributed by atoms with E-state index in [9.17, 15) is 5.11 Å². The molecule has 68 valence electrons. The minimum absolute atomic E-state index is 0.272. The topological polar surface area (TPSA) is 32.3 Å². The van der Waals surface area contributed by atoms with Crippen LogP contribution in [-0.4, -0.2) is 18.7 Å². The zero-order valence-electron chi connectivity index (χ0n) is 7.89. The highest BCUT2D eigenvalue weighted by molar-refractivity contribution is 5.42. The summed E-state index contributed by atoms with van der Waals surface area (Å²) in [6.45, 7) is 2.59. The third-order valence-corrected chi connectivity index (χ3v) is 1.56. The van der Waals surface area contributed by atoms with E-state index in [-0.39, 0.29) is 5.75 Å². The van der Waals surface area contributed by atoms with Gasteiger partial charge in [0.05, 0.1) is 6.54 Å². The van der Waals surface area contributed by atoms with Gasteiger partial charge in [-0.15, -0.1) is 0 Å². The lowest BCUT2D eigenvalue weighted by Gasteiger charge is -1.96. The molecular weight excluding hydrogens is 162 g/mol. The molecule has 0 unspecified atom stereocenters. The van der Waals surface area contributed by atoms with Gasteiger partial charge < -0.3 is 10.4 Å². The monoisotopic (exact) mass is 175 g/mol. The van der Waals surface area contributed by atoms with Crippen molar-refractivity contribution < 1.29 is 5.11 Å². The summed E-state index contributed by atoms with van der Waals surface area (Å²) in [6.07, 6.45) is 0. The second kappa shape index (κ2) is 4.54. The summed E-state index contributed by atoms with van der Waals surface area (Å²) in [6, 6.07) is 5.32. The number of hydrogen-bond acceptors (Lipinski definition) is 2. The van der Waals surface area contributed by atoms with Gasteiger partial charge in [-0.3, -0.25) is 0 Å². The molecule has 0 amide bonds. The van der Waals surface area contributed by atoms with E-state index in [1.54, 1.807) is 12.1 Å². The van der Waals surface area contributed by atoms with E-state index < -0.39 is 0 Å². The number of aryl methyl sites for hydroxylation is 1. The van der Waals surface area contributed by atoms with E-state index >= 15 is 0 Å². The maximum Gasteiger partial charge on any atom is 0.117 e. The molecule has 0 aromatic heterocycles. The Labute approximate surface area is 78.6 Å². The van der Waals surface area contributed by atoms with E-state index in [0.29, 0.717) is 6.54 Å². The second-order valence-corrected chi connectivity index (χ2v) is 2.89. The van der Waals surface area contributed by atoms with E-state index in [0.717, 1.165) is 11.1 Å². The molecule has 0 saturated heterocycles. The van der Waals surface area contributed by atoms with Crippen LogP contribution in [0.5, 0.6) is 5.75 Å². The Kier molecular flexibility index (Phi) is 3.36. The first-order chi connectivity index (χ1) is 6.22. The minimum atomic E-state index is 0.272. The van der Waals surface area contributed by atoms with E-state index in [1.807, 2.05) is 20.0 Å². The average Bonchev–Trinajstić information content (AvgIpc) is 2.03. The predicted molar refractivity (Wildman–Crippen MR) is 53.6 cm³/mol. The van der Waals surface area contributed by atoms with Gasteiger partial charge >= 0.3 is 0 Å². The van der Waals surface area contributed by atoms with Crippen LogP contribution in [0.4, 0.5) is 0 Å². The van der Waals surface area contributed by atoms with Gasteiger partial charge in [-0.1, -0.05) is 11.8 Å². The van der Waals surface area contributed by atoms with Gasteiger partial charge in [0.1, 0.15) is 5.75 Å². The first-order valence-electron chi connectivity index (χ1n) is 4.16. The molecule has 0 heterocycles. The molecule has 2 heteroatoms. The Balaban J connectivity index is 2.85. The van der Waals surface area contributed by atoms with E-state index in [4.69, 9.17) is 0 Å². The van der Waals surface area contributed by atoms with Crippen LogP contribution in [0.15, 0.2) is 18.2 Å². The van der Waals surface area contributed by atoms with Crippen LogP contribution in [0.3, 0.4) is 0 Å². The molecule has 0 aliphatic rings. The van der Waals surface area contributed by atoms with Gasteiger partial charge in [0.25, 0.3) is 0 Å². The van der Waals surface area contributed by atoms with Crippen molar-refractivity contribution in [2.75, 3.05) is 13.6 Å². The predicted octanol–water partition coefficient (Wildman–Crippen LogP) is 1.27. The van der Waals surface area contributed by atoms with Crippen LogP contribution >= 0.6 is 0 Å². The van der Waals surface area contributed by atoms with Gasteiger partial charge in [0, 0.05) is 5.56 Å². The number of rotatable bonds is 1. The zero-order chi connectivity index (χ0) is 9.68. The fourth-order valence-electron chi connectivity index (χ4n) is 1.07. The first-order valence-corrected chi connectivity index (χ1v) is 4.16. The maximum absolute atomic E-state index is 9.27. The van der Waals surface area contributed by atoms with Crippen LogP contribution < -0.4 is 5.32 Å². The highest BCUT2D eigenvalue weighted by atomic mass is 16.3. The Morgan fingerprint density at radius 2 is 2.15 bits per heavy atom. The van der Waals surface area contributed by atoms with Gasteiger partial charge in [0.15, 0.2) is 0 Å². The molecule has 0 atom stereocenters. The van der Waals surface area contributed by atoms with Crippen molar-refractivity contribution in [3.05, 3.63) is 29.3 Å². The van der Waals surface area contributed by atoms with Crippen molar-refractivity contribution in [2.45, 2.75) is 6.92 Å². The summed E-state index contributed by atoms with van der Waals surface area (Å²) >= 11 is 0. The SMILES string of the molecule is CNCC#Cc1cc(C)cc(O)c1. The van der Waals surface area contributed by atoms with E-state index in [1.165, 1.54) is 0 Å². The largest absolute Gasteiger partial charge is 0.508 e. The maximum atomic E-state index is 9.27. The standard InChI is InChI=1S/C11H13NO/c1-9-6-10(4-3-5-12-2)8-11(13)7-9/h6-8,12-13H,5H2,1-2H3. The first kappa shape index (κ1) is 9.63. The number of phenols is 1. The van der Waals surface area contributed by atoms with Gasteiger partial charge in [0.2, 0.25) is 0 Å². The molecule has 2 N–H and O–H groups in total. The molecule has 1 rings (SSSR count).